The van der Waals surface area contributed by atoms with Crippen LogP contribution in [0.5, 0.6) is 0 Å². The van der Waals surface area contributed by atoms with Crippen LogP contribution in [-0.4, -0.2) is 17.0 Å². The number of aryl methyl sites for hydroxylation is 2. The van der Waals surface area contributed by atoms with Crippen molar-refractivity contribution in [3.8, 4) is 0 Å². The quantitative estimate of drug-likeness (QED) is 0.885. The van der Waals surface area contributed by atoms with Crippen LogP contribution < -0.4 is 5.32 Å². The molecule has 2 heterocycles. The van der Waals surface area contributed by atoms with E-state index in [0.717, 1.165) is 22.0 Å². The fourth-order valence-corrected chi connectivity index (χ4v) is 2.29. The van der Waals surface area contributed by atoms with Crippen molar-refractivity contribution in [3.05, 3.63) is 45.7 Å². The topological polar surface area (TPSA) is 37.8 Å². The smallest absolute Gasteiger partial charge is 0.0898 e. The second kappa shape index (κ2) is 4.72. The van der Waals surface area contributed by atoms with Crippen LogP contribution in [0.4, 0.5) is 0 Å². The minimum atomic E-state index is 0.137. The van der Waals surface area contributed by atoms with Gasteiger partial charge in [0.15, 0.2) is 0 Å². The number of thiazole rings is 1. The molecule has 0 bridgehead atoms. The summed E-state index contributed by atoms with van der Waals surface area (Å²) in [5.74, 6) is 0. The maximum absolute atomic E-state index is 4.51. The van der Waals surface area contributed by atoms with Crippen molar-refractivity contribution < 1.29 is 0 Å². The predicted octanol–water partition coefficient (Wildman–Crippen LogP) is 2.46. The first-order valence-corrected chi connectivity index (χ1v) is 6.10. The molecule has 0 aliphatic heterocycles. The first kappa shape index (κ1) is 11.2. The van der Waals surface area contributed by atoms with Gasteiger partial charge >= 0.3 is 0 Å². The van der Waals surface area contributed by atoms with Crippen molar-refractivity contribution in [1.82, 2.24) is 15.3 Å². The van der Waals surface area contributed by atoms with Crippen molar-refractivity contribution in [2.45, 2.75) is 19.9 Å². The Labute approximate surface area is 99.6 Å². The summed E-state index contributed by atoms with van der Waals surface area (Å²) >= 11 is 1.67. The number of aromatic nitrogens is 2. The normalized spacial score (nSPS) is 12.7. The lowest BCUT2D eigenvalue weighted by Gasteiger charge is -2.13. The van der Waals surface area contributed by atoms with Crippen LogP contribution >= 0.6 is 11.3 Å². The number of hydrogen-bond acceptors (Lipinski definition) is 4. The van der Waals surface area contributed by atoms with Crippen LogP contribution in [0, 0.1) is 13.8 Å². The molecule has 1 N–H and O–H groups in total. The molecular weight excluding hydrogens is 218 g/mol. The molecule has 1 unspecified atom stereocenters. The standard InChI is InChI=1S/C12H15N3S/c1-8-4-5-10(6-14-8)12(13-3)11-7-16-9(2)15-11/h4-7,12-13H,1-3H3. The highest BCUT2D eigenvalue weighted by atomic mass is 32.1. The highest BCUT2D eigenvalue weighted by Gasteiger charge is 2.14. The van der Waals surface area contributed by atoms with Gasteiger partial charge in [-0.1, -0.05) is 6.07 Å². The van der Waals surface area contributed by atoms with Crippen LogP contribution in [0.2, 0.25) is 0 Å². The minimum Gasteiger partial charge on any atom is -0.308 e. The molecule has 0 saturated carbocycles. The van der Waals surface area contributed by atoms with Gasteiger partial charge in [-0.3, -0.25) is 4.98 Å². The molecule has 0 spiro atoms. The minimum absolute atomic E-state index is 0.137. The Morgan fingerprint density at radius 2 is 2.12 bits per heavy atom. The monoisotopic (exact) mass is 233 g/mol. The van der Waals surface area contributed by atoms with Crippen molar-refractivity contribution in [2.24, 2.45) is 0 Å². The molecule has 3 nitrogen and oxygen atoms in total. The number of hydrogen-bond donors (Lipinski definition) is 1. The third-order valence-corrected chi connectivity index (χ3v) is 3.28. The van der Waals surface area contributed by atoms with Gasteiger partial charge in [0, 0.05) is 17.3 Å². The summed E-state index contributed by atoms with van der Waals surface area (Å²) in [5.41, 5.74) is 3.25. The molecule has 2 aromatic rings. The van der Waals surface area contributed by atoms with E-state index < -0.39 is 0 Å². The van der Waals surface area contributed by atoms with Crippen LogP contribution in [0.15, 0.2) is 23.7 Å². The molecule has 0 aromatic carbocycles. The zero-order chi connectivity index (χ0) is 11.5. The van der Waals surface area contributed by atoms with Gasteiger partial charge in [-0.15, -0.1) is 11.3 Å². The lowest BCUT2D eigenvalue weighted by molar-refractivity contribution is 0.670. The SMILES string of the molecule is CNC(c1ccc(C)nc1)c1csc(C)n1. The summed E-state index contributed by atoms with van der Waals surface area (Å²) in [6.07, 6.45) is 1.91. The Balaban J connectivity index is 2.32. The molecule has 0 saturated heterocycles. The van der Waals surface area contributed by atoms with Gasteiger partial charge in [0.2, 0.25) is 0 Å². The second-order valence-electron chi connectivity index (χ2n) is 3.75. The molecule has 1 atom stereocenters. The molecule has 4 heteroatoms. The fraction of sp³-hybridized carbons (Fsp3) is 0.333. The number of rotatable bonds is 3. The molecule has 0 aliphatic rings. The molecule has 0 aliphatic carbocycles. The maximum Gasteiger partial charge on any atom is 0.0898 e. The molecule has 0 radical (unpaired) electrons. The second-order valence-corrected chi connectivity index (χ2v) is 4.81. The van der Waals surface area contributed by atoms with Gasteiger partial charge in [-0.25, -0.2) is 4.98 Å². The third-order valence-electron chi connectivity index (χ3n) is 2.49. The summed E-state index contributed by atoms with van der Waals surface area (Å²) in [5, 5.41) is 6.46. The average molecular weight is 233 g/mol. The van der Waals surface area contributed by atoms with Crippen molar-refractivity contribution in [3.63, 3.8) is 0 Å². The first-order valence-electron chi connectivity index (χ1n) is 5.22. The molecule has 2 aromatic heterocycles. The fourth-order valence-electron chi connectivity index (χ4n) is 1.65. The van der Waals surface area contributed by atoms with Crippen molar-refractivity contribution >= 4 is 11.3 Å². The summed E-state index contributed by atoms with van der Waals surface area (Å²) in [6.45, 7) is 4.01. The Hall–Kier alpha value is -1.26. The number of pyridine rings is 1. The van der Waals surface area contributed by atoms with Crippen LogP contribution in [0.1, 0.15) is 28.0 Å². The Morgan fingerprint density at radius 3 is 2.62 bits per heavy atom. The Morgan fingerprint density at radius 1 is 1.31 bits per heavy atom. The maximum atomic E-state index is 4.51. The molecule has 2 rings (SSSR count). The molecule has 0 amide bonds. The van der Waals surface area contributed by atoms with E-state index in [9.17, 15) is 0 Å². The highest BCUT2D eigenvalue weighted by molar-refractivity contribution is 7.09. The van der Waals surface area contributed by atoms with Crippen LogP contribution in [0.25, 0.3) is 0 Å². The largest absolute Gasteiger partial charge is 0.308 e. The lowest BCUT2D eigenvalue weighted by Crippen LogP contribution is -2.18. The first-order chi connectivity index (χ1) is 7.70. The van der Waals surface area contributed by atoms with E-state index in [1.54, 1.807) is 11.3 Å². The van der Waals surface area contributed by atoms with Crippen LogP contribution in [-0.2, 0) is 0 Å². The summed E-state index contributed by atoms with van der Waals surface area (Å²) in [4.78, 5) is 8.82. The van der Waals surface area contributed by atoms with Gasteiger partial charge in [-0.05, 0) is 32.5 Å². The van der Waals surface area contributed by atoms with Gasteiger partial charge < -0.3 is 5.32 Å². The van der Waals surface area contributed by atoms with Gasteiger partial charge in [0.1, 0.15) is 0 Å². The number of nitrogens with zero attached hydrogens (tertiary/aromatic N) is 2. The molecule has 16 heavy (non-hydrogen) atoms. The molecule has 0 fully saturated rings. The molecular formula is C12H15N3S. The summed E-state index contributed by atoms with van der Waals surface area (Å²) in [6, 6.07) is 4.26. The zero-order valence-electron chi connectivity index (χ0n) is 9.69. The van der Waals surface area contributed by atoms with E-state index in [-0.39, 0.29) is 6.04 Å². The van der Waals surface area contributed by atoms with Crippen molar-refractivity contribution in [2.75, 3.05) is 7.05 Å². The Kier molecular flexibility index (Phi) is 3.31. The highest BCUT2D eigenvalue weighted by Crippen LogP contribution is 2.22. The van der Waals surface area contributed by atoms with E-state index in [1.807, 2.05) is 33.2 Å². The van der Waals surface area contributed by atoms with Gasteiger partial charge in [0.05, 0.1) is 16.7 Å². The number of nitrogens with one attached hydrogen (secondary N) is 1. The predicted molar refractivity (Wildman–Crippen MR) is 66.7 cm³/mol. The van der Waals surface area contributed by atoms with E-state index in [1.165, 1.54) is 0 Å². The summed E-state index contributed by atoms with van der Waals surface area (Å²) in [7, 11) is 1.94. The third kappa shape index (κ3) is 2.28. The molecule has 84 valence electrons. The zero-order valence-corrected chi connectivity index (χ0v) is 10.5. The van der Waals surface area contributed by atoms with Gasteiger partial charge in [0.25, 0.3) is 0 Å². The van der Waals surface area contributed by atoms with E-state index in [4.69, 9.17) is 0 Å². The van der Waals surface area contributed by atoms with Gasteiger partial charge in [-0.2, -0.15) is 0 Å². The van der Waals surface area contributed by atoms with E-state index >= 15 is 0 Å². The average Bonchev–Trinajstić information content (AvgIpc) is 2.69. The lowest BCUT2D eigenvalue weighted by atomic mass is 10.1. The van der Waals surface area contributed by atoms with E-state index in [2.05, 4.69) is 26.7 Å². The van der Waals surface area contributed by atoms with Crippen LogP contribution in [0.3, 0.4) is 0 Å². The summed E-state index contributed by atoms with van der Waals surface area (Å²) < 4.78 is 0. The Bertz CT molecular complexity index is 461. The van der Waals surface area contributed by atoms with E-state index in [0.29, 0.717) is 0 Å². The van der Waals surface area contributed by atoms with Crippen molar-refractivity contribution in [1.29, 1.82) is 0 Å².